The van der Waals surface area contributed by atoms with E-state index >= 15 is 0 Å². The predicted octanol–water partition coefficient (Wildman–Crippen LogP) is 0.647. The van der Waals surface area contributed by atoms with Gasteiger partial charge in [0.25, 0.3) is 5.91 Å². The molecule has 1 saturated heterocycles. The van der Waals surface area contributed by atoms with Crippen molar-refractivity contribution in [1.82, 2.24) is 15.5 Å². The molecule has 1 amide bonds. The van der Waals surface area contributed by atoms with Gasteiger partial charge in [-0.05, 0) is 12.0 Å². The molecular weight excluding hydrogens is 340 g/mol. The third-order valence-electron chi connectivity index (χ3n) is 4.13. The highest BCUT2D eigenvalue weighted by atomic mass is 16.5. The number of hydrogen-bond acceptors (Lipinski definition) is 6. The molecule has 9 nitrogen and oxygen atoms in total. The number of amides is 1. The molecule has 1 fully saturated rings. The van der Waals surface area contributed by atoms with Crippen molar-refractivity contribution in [2.45, 2.75) is 18.6 Å². The highest BCUT2D eigenvalue weighted by molar-refractivity contribution is 6.01. The Balaban J connectivity index is 1.76. The van der Waals surface area contributed by atoms with Crippen LogP contribution in [0, 0.1) is 0 Å². The average Bonchev–Trinajstić information content (AvgIpc) is 3.03. The number of hydrogen-bond donors (Lipinski definition) is 4. The van der Waals surface area contributed by atoms with Crippen LogP contribution < -0.4 is 11.1 Å². The third kappa shape index (κ3) is 4.01. The van der Waals surface area contributed by atoms with Crippen LogP contribution in [0.2, 0.25) is 0 Å². The van der Waals surface area contributed by atoms with E-state index in [4.69, 9.17) is 20.3 Å². The molecule has 1 aromatic carbocycles. The molecule has 2 heterocycles. The van der Waals surface area contributed by atoms with Crippen LogP contribution in [0.25, 0.3) is 11.1 Å². The monoisotopic (exact) mass is 360 g/mol. The molecule has 1 aromatic heterocycles. The van der Waals surface area contributed by atoms with Crippen LogP contribution in [0.4, 0.5) is 5.82 Å². The lowest BCUT2D eigenvalue weighted by Gasteiger charge is -2.31. The minimum atomic E-state index is -1.08. The predicted molar refractivity (Wildman–Crippen MR) is 92.5 cm³/mol. The van der Waals surface area contributed by atoms with Crippen molar-refractivity contribution >= 4 is 17.7 Å². The van der Waals surface area contributed by atoms with Gasteiger partial charge in [0, 0.05) is 6.61 Å². The number of aliphatic carboxylic acids is 1. The van der Waals surface area contributed by atoms with Crippen molar-refractivity contribution in [3.8, 4) is 11.1 Å². The second-order valence-corrected chi connectivity index (χ2v) is 5.91. The molecule has 0 radical (unpaired) electrons. The minimum Gasteiger partial charge on any atom is -0.480 e. The van der Waals surface area contributed by atoms with Gasteiger partial charge in [-0.2, -0.15) is 5.10 Å². The van der Waals surface area contributed by atoms with Gasteiger partial charge in [-0.15, -0.1) is 0 Å². The van der Waals surface area contributed by atoms with Gasteiger partial charge < -0.3 is 25.6 Å². The molecule has 1 aliphatic heterocycles. The number of aromatic amines is 1. The van der Waals surface area contributed by atoms with Crippen molar-refractivity contribution in [2.24, 2.45) is 0 Å². The molecule has 26 heavy (non-hydrogen) atoms. The number of nitrogens with one attached hydrogen (secondary N) is 2. The van der Waals surface area contributed by atoms with E-state index in [2.05, 4.69) is 15.5 Å². The Bertz CT molecular complexity index is 777. The molecule has 0 spiro atoms. The third-order valence-corrected chi connectivity index (χ3v) is 4.13. The Labute approximate surface area is 149 Å². The molecule has 2 aromatic rings. The maximum Gasteiger partial charge on any atom is 0.329 e. The first kappa shape index (κ1) is 17.9. The fourth-order valence-electron chi connectivity index (χ4n) is 2.88. The second kappa shape index (κ2) is 7.98. The number of nitrogen functional groups attached to an aromatic ring is 1. The number of ether oxygens (including phenoxy) is 2. The number of aromatic nitrogens is 2. The first-order valence-corrected chi connectivity index (χ1v) is 8.17. The summed E-state index contributed by atoms with van der Waals surface area (Å²) >= 11 is 0. The van der Waals surface area contributed by atoms with Crippen LogP contribution in [-0.2, 0) is 14.3 Å². The summed E-state index contributed by atoms with van der Waals surface area (Å²) in [6.45, 7) is 0.218. The normalized spacial score (nSPS) is 19.8. The molecule has 5 N–H and O–H groups in total. The van der Waals surface area contributed by atoms with Crippen LogP contribution in [0.5, 0.6) is 0 Å². The molecule has 3 rings (SSSR count). The van der Waals surface area contributed by atoms with E-state index in [1.807, 2.05) is 30.3 Å². The summed E-state index contributed by atoms with van der Waals surface area (Å²) in [5.41, 5.74) is 7.47. The summed E-state index contributed by atoms with van der Waals surface area (Å²) in [6, 6.07) is 8.86. The van der Waals surface area contributed by atoms with Gasteiger partial charge in [0.15, 0.2) is 5.82 Å². The van der Waals surface area contributed by atoms with Crippen molar-refractivity contribution < 1.29 is 24.2 Å². The number of carbonyl (C=O) groups is 2. The number of rotatable bonds is 6. The summed E-state index contributed by atoms with van der Waals surface area (Å²) < 4.78 is 10.6. The van der Waals surface area contributed by atoms with Gasteiger partial charge in [-0.3, -0.25) is 9.89 Å². The van der Waals surface area contributed by atoms with Crippen molar-refractivity contribution in [2.75, 3.05) is 25.6 Å². The fraction of sp³-hybridized carbons (Fsp3) is 0.353. The van der Waals surface area contributed by atoms with Crippen LogP contribution >= 0.6 is 0 Å². The van der Waals surface area contributed by atoms with Crippen LogP contribution in [0.3, 0.4) is 0 Å². The summed E-state index contributed by atoms with van der Waals surface area (Å²) in [5.74, 6) is -1.23. The highest BCUT2D eigenvalue weighted by Gasteiger charge is 2.30. The molecule has 0 aliphatic carbocycles. The first-order chi connectivity index (χ1) is 12.6. The number of carbonyl (C=O) groups excluding carboxylic acids is 1. The number of nitrogens with zero attached hydrogens (tertiary/aromatic N) is 1. The maximum atomic E-state index is 12.8. The van der Waals surface area contributed by atoms with Gasteiger partial charge in [0.2, 0.25) is 0 Å². The molecule has 0 saturated carbocycles. The smallest absolute Gasteiger partial charge is 0.329 e. The van der Waals surface area contributed by atoms with E-state index in [1.165, 1.54) is 0 Å². The van der Waals surface area contributed by atoms with E-state index in [0.717, 1.165) is 5.56 Å². The maximum absolute atomic E-state index is 12.8. The van der Waals surface area contributed by atoms with E-state index in [9.17, 15) is 9.59 Å². The number of H-pyrrole nitrogens is 1. The van der Waals surface area contributed by atoms with Gasteiger partial charge >= 0.3 is 5.97 Å². The SMILES string of the molecule is Nc1n[nH]c(C(=O)N[C@@H]2CCOC[C@H]2OCC(=O)O)c1-c1ccccc1. The molecule has 9 heteroatoms. The number of nitrogens with two attached hydrogens (primary N) is 1. The van der Waals surface area contributed by atoms with Crippen LogP contribution in [0.15, 0.2) is 30.3 Å². The zero-order valence-electron chi connectivity index (χ0n) is 14.0. The Kier molecular flexibility index (Phi) is 5.49. The van der Waals surface area contributed by atoms with Gasteiger partial charge in [0.1, 0.15) is 18.4 Å². The lowest BCUT2D eigenvalue weighted by molar-refractivity contribution is -0.148. The largest absolute Gasteiger partial charge is 0.480 e. The Hall–Kier alpha value is -2.91. The van der Waals surface area contributed by atoms with Gasteiger partial charge in [0.05, 0.1) is 18.2 Å². The Morgan fingerprint density at radius 1 is 1.38 bits per heavy atom. The van der Waals surface area contributed by atoms with Crippen LogP contribution in [-0.4, -0.2) is 59.1 Å². The Morgan fingerprint density at radius 3 is 2.88 bits per heavy atom. The van der Waals surface area contributed by atoms with Crippen molar-refractivity contribution in [3.05, 3.63) is 36.0 Å². The fourth-order valence-corrected chi connectivity index (χ4v) is 2.88. The molecular formula is C17H20N4O5. The zero-order chi connectivity index (χ0) is 18.5. The summed E-state index contributed by atoms with van der Waals surface area (Å²) in [5, 5.41) is 18.3. The Morgan fingerprint density at radius 2 is 2.15 bits per heavy atom. The lowest BCUT2D eigenvalue weighted by Crippen LogP contribution is -2.50. The molecule has 0 bridgehead atoms. The average molecular weight is 360 g/mol. The molecule has 138 valence electrons. The lowest BCUT2D eigenvalue weighted by atomic mass is 10.0. The zero-order valence-corrected chi connectivity index (χ0v) is 14.0. The first-order valence-electron chi connectivity index (χ1n) is 8.17. The molecule has 1 aliphatic rings. The topological polar surface area (TPSA) is 140 Å². The van der Waals surface area contributed by atoms with Crippen molar-refractivity contribution in [1.29, 1.82) is 0 Å². The number of carboxylic acids is 1. The highest BCUT2D eigenvalue weighted by Crippen LogP contribution is 2.27. The van der Waals surface area contributed by atoms with E-state index in [1.54, 1.807) is 0 Å². The number of anilines is 1. The summed E-state index contributed by atoms with van der Waals surface area (Å²) in [7, 11) is 0. The van der Waals surface area contributed by atoms with Gasteiger partial charge in [-0.1, -0.05) is 30.3 Å². The van der Waals surface area contributed by atoms with Crippen LogP contribution in [0.1, 0.15) is 16.9 Å². The number of benzene rings is 1. The van der Waals surface area contributed by atoms with E-state index < -0.39 is 18.7 Å². The van der Waals surface area contributed by atoms with Gasteiger partial charge in [-0.25, -0.2) is 4.79 Å². The second-order valence-electron chi connectivity index (χ2n) is 5.91. The minimum absolute atomic E-state index is 0.217. The summed E-state index contributed by atoms with van der Waals surface area (Å²) in [6.07, 6.45) is -0.0235. The standard InChI is InChI=1S/C17H20N4O5/c18-16-14(10-4-2-1-3-5-10)15(20-21-16)17(24)19-11-6-7-25-8-12(11)26-9-13(22)23/h1-5,11-12H,6-9H2,(H,19,24)(H,22,23)(H3,18,20,21)/t11-,12-/m1/s1. The van der Waals surface area contributed by atoms with Crippen molar-refractivity contribution in [3.63, 3.8) is 0 Å². The quantitative estimate of drug-likeness (QED) is 0.593. The van der Waals surface area contributed by atoms with E-state index in [0.29, 0.717) is 18.6 Å². The number of carboxylic acid groups (broad SMARTS) is 1. The summed E-state index contributed by atoms with van der Waals surface area (Å²) in [4.78, 5) is 23.5. The van der Waals surface area contributed by atoms with E-state index in [-0.39, 0.29) is 30.1 Å². The molecule has 2 atom stereocenters. The molecule has 0 unspecified atom stereocenters.